The molecular weight excluding hydrogens is 488 g/mol. The van der Waals surface area contributed by atoms with Crippen molar-refractivity contribution >= 4 is 45.3 Å². The Morgan fingerprint density at radius 2 is 1.92 bits per heavy atom. The van der Waals surface area contributed by atoms with Crippen LogP contribution in [-0.4, -0.2) is 41.5 Å². The number of nitrogens with two attached hydrogens (primary N) is 1. The summed E-state index contributed by atoms with van der Waals surface area (Å²) >= 11 is 1.54. The van der Waals surface area contributed by atoms with Crippen LogP contribution in [-0.2, 0) is 4.79 Å². The molecule has 0 saturated carbocycles. The Morgan fingerprint density at radius 3 is 2.65 bits per heavy atom. The van der Waals surface area contributed by atoms with Gasteiger partial charge in [-0.3, -0.25) is 4.79 Å². The first-order chi connectivity index (χ1) is 18.0. The molecule has 3 N–H and O–H groups in total. The minimum Gasteiger partial charge on any atom is -0.530 e. The number of pyridine rings is 1. The molecule has 0 radical (unpaired) electrons. The summed E-state index contributed by atoms with van der Waals surface area (Å²) < 4.78 is 6.83. The van der Waals surface area contributed by atoms with E-state index in [9.17, 15) is 14.7 Å². The number of benzene rings is 2. The zero-order chi connectivity index (χ0) is 25.8. The van der Waals surface area contributed by atoms with E-state index in [0.717, 1.165) is 38.3 Å². The number of anilines is 1. The van der Waals surface area contributed by atoms with Crippen molar-refractivity contribution < 1.29 is 19.4 Å². The van der Waals surface area contributed by atoms with Gasteiger partial charge in [0, 0.05) is 53.1 Å². The van der Waals surface area contributed by atoms with Gasteiger partial charge in [-0.15, -0.1) is 11.3 Å². The molecule has 2 aromatic carbocycles. The van der Waals surface area contributed by atoms with Crippen LogP contribution >= 0.6 is 11.3 Å². The Morgan fingerprint density at radius 1 is 1.16 bits per heavy atom. The van der Waals surface area contributed by atoms with Crippen molar-refractivity contribution in [1.82, 2.24) is 15.2 Å². The highest BCUT2D eigenvalue weighted by molar-refractivity contribution is 7.18. The number of nitrogen functional groups attached to an aromatic ring is 1. The van der Waals surface area contributed by atoms with E-state index >= 15 is 0 Å². The van der Waals surface area contributed by atoms with Crippen LogP contribution in [0.15, 0.2) is 72.3 Å². The molecule has 0 unspecified atom stereocenters. The van der Waals surface area contributed by atoms with Crippen LogP contribution in [0.1, 0.15) is 12.0 Å². The molecule has 188 valence electrons. The second kappa shape index (κ2) is 10.7. The molecule has 2 aromatic heterocycles. The average Bonchev–Trinajstić information content (AvgIpc) is 3.57. The van der Waals surface area contributed by atoms with E-state index in [1.807, 2.05) is 60.0 Å². The minimum atomic E-state index is -1.17. The average molecular weight is 514 g/mol. The van der Waals surface area contributed by atoms with Gasteiger partial charge >= 0.3 is 0 Å². The Balaban J connectivity index is 1.28. The third kappa shape index (κ3) is 5.57. The number of thiophene rings is 1. The molecule has 0 bridgehead atoms. The first kappa shape index (κ1) is 24.3. The molecule has 1 atom stereocenters. The number of rotatable bonds is 7. The van der Waals surface area contributed by atoms with E-state index in [1.165, 1.54) is 11.0 Å². The van der Waals surface area contributed by atoms with Crippen LogP contribution in [0.4, 0.5) is 10.6 Å². The molecule has 4 aromatic rings. The number of hydrogen-bond donors (Lipinski definition) is 2. The number of likely N-dealkylation sites (tertiary alicyclic amines) is 1. The smallest absolute Gasteiger partial charge is 0.244 e. The Hall–Kier alpha value is -4.37. The number of fused-ring (bicyclic) bond motifs is 1. The SMILES string of the molecule is Nc1ncc(/C=C/C(=O)NC[C@@H]2CCN(C(=O)[O-])C2)c2scc(-c3ccc(Oc4ccccc4)cc3)c12. The fraction of sp³-hybridized carbons (Fsp3) is 0.179. The van der Waals surface area contributed by atoms with Crippen molar-refractivity contribution in [3.63, 3.8) is 0 Å². The number of carbonyl (C=O) groups excluding carboxylic acids is 2. The highest BCUT2D eigenvalue weighted by Gasteiger charge is 2.22. The number of nitrogens with one attached hydrogen (secondary N) is 1. The van der Waals surface area contributed by atoms with Gasteiger partial charge in [0.15, 0.2) is 0 Å². The largest absolute Gasteiger partial charge is 0.530 e. The van der Waals surface area contributed by atoms with Gasteiger partial charge in [0.25, 0.3) is 0 Å². The maximum atomic E-state index is 12.4. The van der Waals surface area contributed by atoms with Gasteiger partial charge in [0.05, 0.1) is 0 Å². The monoisotopic (exact) mass is 513 g/mol. The van der Waals surface area contributed by atoms with E-state index in [0.29, 0.717) is 31.9 Å². The quantitative estimate of drug-likeness (QED) is 0.359. The van der Waals surface area contributed by atoms with Gasteiger partial charge in [-0.25, -0.2) is 4.98 Å². The van der Waals surface area contributed by atoms with Gasteiger partial charge in [-0.1, -0.05) is 30.3 Å². The van der Waals surface area contributed by atoms with Crippen LogP contribution in [0.2, 0.25) is 0 Å². The number of ether oxygens (including phenoxy) is 1. The van der Waals surface area contributed by atoms with E-state index in [2.05, 4.69) is 10.3 Å². The van der Waals surface area contributed by atoms with Crippen LogP contribution in [0.3, 0.4) is 0 Å². The summed E-state index contributed by atoms with van der Waals surface area (Å²) in [6.45, 7) is 1.24. The number of amides is 2. The summed E-state index contributed by atoms with van der Waals surface area (Å²) in [6.07, 6.45) is 4.39. The van der Waals surface area contributed by atoms with Crippen LogP contribution in [0.5, 0.6) is 11.5 Å². The lowest BCUT2D eigenvalue weighted by Crippen LogP contribution is -2.40. The van der Waals surface area contributed by atoms with Crippen molar-refractivity contribution in [2.75, 3.05) is 25.4 Å². The van der Waals surface area contributed by atoms with Crippen molar-refractivity contribution in [3.8, 4) is 22.6 Å². The molecule has 0 aliphatic carbocycles. The summed E-state index contributed by atoms with van der Waals surface area (Å²) in [4.78, 5) is 29.0. The molecule has 1 aliphatic rings. The van der Waals surface area contributed by atoms with E-state index < -0.39 is 6.09 Å². The third-order valence-corrected chi connectivity index (χ3v) is 7.35. The second-order valence-corrected chi connectivity index (χ2v) is 9.72. The number of para-hydroxylation sites is 1. The Labute approximate surface area is 218 Å². The first-order valence-electron chi connectivity index (χ1n) is 11.9. The lowest BCUT2D eigenvalue weighted by Gasteiger charge is -2.18. The number of aromatic nitrogens is 1. The molecule has 5 rings (SSSR count). The maximum Gasteiger partial charge on any atom is 0.244 e. The molecule has 8 nitrogen and oxygen atoms in total. The predicted molar refractivity (Wildman–Crippen MR) is 143 cm³/mol. The van der Waals surface area contributed by atoms with Gasteiger partial charge in [0.1, 0.15) is 23.4 Å². The summed E-state index contributed by atoms with van der Waals surface area (Å²) in [7, 11) is 0. The minimum absolute atomic E-state index is 0.0875. The van der Waals surface area contributed by atoms with Crippen LogP contribution in [0.25, 0.3) is 27.3 Å². The van der Waals surface area contributed by atoms with Crippen LogP contribution in [0, 0.1) is 5.92 Å². The van der Waals surface area contributed by atoms with Crippen molar-refractivity contribution in [2.24, 2.45) is 5.92 Å². The molecule has 1 aliphatic heterocycles. The third-order valence-electron chi connectivity index (χ3n) is 6.32. The lowest BCUT2D eigenvalue weighted by molar-refractivity contribution is -0.264. The Kier molecular flexibility index (Phi) is 7.04. The molecule has 3 heterocycles. The summed E-state index contributed by atoms with van der Waals surface area (Å²) in [5, 5.41) is 16.7. The number of carbonyl (C=O) groups is 2. The van der Waals surface area contributed by atoms with Crippen molar-refractivity contribution in [3.05, 3.63) is 77.8 Å². The normalized spacial score (nSPS) is 15.4. The fourth-order valence-electron chi connectivity index (χ4n) is 4.38. The molecule has 0 spiro atoms. The standard InChI is InChI=1S/C28H26N4O4S/c29-27-25-23(19-6-9-22(10-7-19)36-21-4-2-1-3-5-21)17-37-26(25)20(15-31-27)8-11-24(33)30-14-18-12-13-32(16-18)28(34)35/h1-11,15,17-18H,12-14,16H2,(H2,29,31)(H,30,33)(H,34,35)/p-1/b11-8+/t18-/m0/s1. The highest BCUT2D eigenvalue weighted by Crippen LogP contribution is 2.39. The first-order valence-corrected chi connectivity index (χ1v) is 12.8. The van der Waals surface area contributed by atoms with Gasteiger partial charge < -0.3 is 30.6 Å². The molecule has 2 amide bonds. The van der Waals surface area contributed by atoms with Gasteiger partial charge in [0.2, 0.25) is 5.91 Å². The van der Waals surface area contributed by atoms with E-state index in [-0.39, 0.29) is 11.8 Å². The number of nitrogens with zero attached hydrogens (tertiary/aromatic N) is 2. The topological polar surface area (TPSA) is 121 Å². The lowest BCUT2D eigenvalue weighted by atomic mass is 10.0. The number of carboxylic acid groups (broad SMARTS) is 1. The summed E-state index contributed by atoms with van der Waals surface area (Å²) in [5.74, 6) is 1.77. The summed E-state index contributed by atoms with van der Waals surface area (Å²) in [5.41, 5.74) is 9.01. The van der Waals surface area contributed by atoms with E-state index in [1.54, 1.807) is 23.6 Å². The molecular formula is C28H25N4O4S-. The zero-order valence-corrected chi connectivity index (χ0v) is 20.7. The zero-order valence-electron chi connectivity index (χ0n) is 19.9. The molecule has 1 fully saturated rings. The van der Waals surface area contributed by atoms with Gasteiger partial charge in [-0.05, 0) is 53.6 Å². The van der Waals surface area contributed by atoms with Crippen LogP contribution < -0.4 is 20.9 Å². The second-order valence-electron chi connectivity index (χ2n) is 8.84. The molecule has 37 heavy (non-hydrogen) atoms. The maximum absolute atomic E-state index is 12.4. The fourth-order valence-corrected chi connectivity index (χ4v) is 5.46. The predicted octanol–water partition coefficient (Wildman–Crippen LogP) is 4.13. The molecule has 1 saturated heterocycles. The highest BCUT2D eigenvalue weighted by atomic mass is 32.1. The van der Waals surface area contributed by atoms with Crippen molar-refractivity contribution in [1.29, 1.82) is 0 Å². The number of hydrogen-bond acceptors (Lipinski definition) is 7. The Bertz CT molecular complexity index is 1450. The van der Waals surface area contributed by atoms with Crippen molar-refractivity contribution in [2.45, 2.75) is 6.42 Å². The summed E-state index contributed by atoms with van der Waals surface area (Å²) in [6, 6.07) is 17.4. The van der Waals surface area contributed by atoms with E-state index in [4.69, 9.17) is 10.5 Å². The molecule has 9 heteroatoms. The van der Waals surface area contributed by atoms with Gasteiger partial charge in [-0.2, -0.15) is 0 Å².